The summed E-state index contributed by atoms with van der Waals surface area (Å²) in [5, 5.41) is 4.76. The number of ether oxygens (including phenoxy) is 1. The molecule has 3 aromatic rings. The summed E-state index contributed by atoms with van der Waals surface area (Å²) >= 11 is 2.53. The van der Waals surface area contributed by atoms with E-state index in [1.54, 1.807) is 20.8 Å². The van der Waals surface area contributed by atoms with E-state index in [0.29, 0.717) is 15.7 Å². The summed E-state index contributed by atoms with van der Waals surface area (Å²) < 4.78 is 5.23. The molecule has 0 aliphatic heterocycles. The number of nitrogens with one attached hydrogen (secondary N) is 1. The first-order valence-corrected chi connectivity index (χ1v) is 11.8. The van der Waals surface area contributed by atoms with E-state index in [1.807, 2.05) is 13.0 Å². The van der Waals surface area contributed by atoms with Crippen LogP contribution in [0.3, 0.4) is 0 Å². The Bertz CT molecular complexity index is 1150. The van der Waals surface area contributed by atoms with Crippen molar-refractivity contribution >= 4 is 51.0 Å². The summed E-state index contributed by atoms with van der Waals surface area (Å²) in [4.78, 5) is 34.4. The molecule has 2 heterocycles. The van der Waals surface area contributed by atoms with Gasteiger partial charge in [-0.25, -0.2) is 14.8 Å². The number of thiazole rings is 1. The number of benzene rings is 1. The Morgan fingerprint density at radius 2 is 1.74 bits per heavy atom. The van der Waals surface area contributed by atoms with Gasteiger partial charge in [-0.1, -0.05) is 34.7 Å². The van der Waals surface area contributed by atoms with Gasteiger partial charge in [0.05, 0.1) is 27.6 Å². The highest BCUT2D eigenvalue weighted by Crippen LogP contribution is 2.30. The van der Waals surface area contributed by atoms with Gasteiger partial charge in [-0.05, 0) is 71.7 Å². The van der Waals surface area contributed by atoms with Crippen molar-refractivity contribution in [3.05, 3.63) is 45.5 Å². The molecule has 0 aliphatic carbocycles. The predicted molar refractivity (Wildman–Crippen MR) is 127 cm³/mol. The minimum atomic E-state index is -0.422. The number of carbonyl (C=O) groups excluding carboxylic acids is 2. The molecule has 0 saturated carbocycles. The summed E-state index contributed by atoms with van der Waals surface area (Å²) in [6.45, 7) is 13.3. The predicted octanol–water partition coefficient (Wildman–Crippen LogP) is 5.61. The number of pyridine rings is 1. The van der Waals surface area contributed by atoms with Gasteiger partial charge in [0.15, 0.2) is 5.13 Å². The van der Waals surface area contributed by atoms with E-state index in [2.05, 4.69) is 43.2 Å². The summed E-state index contributed by atoms with van der Waals surface area (Å²) in [5.74, 6) is -0.614. The number of amides is 1. The lowest BCUT2D eigenvalue weighted by atomic mass is 10.0. The molecule has 0 fully saturated rings. The number of esters is 1. The molecular formula is C23H27N3O3S2. The van der Waals surface area contributed by atoms with Crippen molar-refractivity contribution in [3.8, 4) is 0 Å². The summed E-state index contributed by atoms with van der Waals surface area (Å²) in [6, 6.07) is 6.27. The van der Waals surface area contributed by atoms with Gasteiger partial charge in [0.1, 0.15) is 4.88 Å². The Labute approximate surface area is 190 Å². The van der Waals surface area contributed by atoms with Gasteiger partial charge in [-0.3, -0.25) is 4.79 Å². The van der Waals surface area contributed by atoms with Crippen LogP contribution in [0, 0.1) is 27.7 Å². The number of hydrogen-bond acceptors (Lipinski definition) is 7. The second-order valence-corrected chi connectivity index (χ2v) is 10.3. The fourth-order valence-corrected chi connectivity index (χ4v) is 4.99. The number of aromatic nitrogens is 2. The van der Waals surface area contributed by atoms with E-state index in [0.717, 1.165) is 38.4 Å². The van der Waals surface area contributed by atoms with E-state index in [9.17, 15) is 9.59 Å². The van der Waals surface area contributed by atoms with Crippen LogP contribution in [-0.4, -0.2) is 33.2 Å². The van der Waals surface area contributed by atoms with Gasteiger partial charge in [-0.15, -0.1) is 0 Å². The number of carbonyl (C=O) groups is 2. The minimum Gasteiger partial charge on any atom is -0.459 e. The van der Waals surface area contributed by atoms with Crippen molar-refractivity contribution in [2.45, 2.75) is 64.8 Å². The number of anilines is 1. The third kappa shape index (κ3) is 5.43. The van der Waals surface area contributed by atoms with Crippen LogP contribution in [-0.2, 0) is 9.53 Å². The maximum absolute atomic E-state index is 12.7. The average Bonchev–Trinajstić information content (AvgIpc) is 3.02. The van der Waals surface area contributed by atoms with Gasteiger partial charge in [0.25, 0.3) is 0 Å². The normalized spacial score (nSPS) is 12.3. The number of hydrogen-bond donors (Lipinski definition) is 1. The van der Waals surface area contributed by atoms with Gasteiger partial charge in [0.2, 0.25) is 5.91 Å². The highest BCUT2D eigenvalue weighted by molar-refractivity contribution is 8.00. The van der Waals surface area contributed by atoms with Crippen LogP contribution in [0.15, 0.2) is 23.2 Å². The molecule has 3 rings (SSSR count). The molecule has 0 radical (unpaired) electrons. The molecule has 0 bridgehead atoms. The van der Waals surface area contributed by atoms with E-state index < -0.39 is 5.97 Å². The van der Waals surface area contributed by atoms with E-state index >= 15 is 0 Å². The van der Waals surface area contributed by atoms with Crippen molar-refractivity contribution in [3.63, 3.8) is 0 Å². The molecule has 1 atom stereocenters. The van der Waals surface area contributed by atoms with Gasteiger partial charge < -0.3 is 10.1 Å². The molecule has 0 aliphatic rings. The highest BCUT2D eigenvalue weighted by atomic mass is 32.2. The van der Waals surface area contributed by atoms with Gasteiger partial charge in [-0.2, -0.15) is 0 Å². The first-order valence-electron chi connectivity index (χ1n) is 10.1. The molecule has 1 N–H and O–H groups in total. The van der Waals surface area contributed by atoms with Crippen LogP contribution in [0.1, 0.15) is 52.8 Å². The van der Waals surface area contributed by atoms with Crippen molar-refractivity contribution in [2.24, 2.45) is 0 Å². The third-order valence-corrected chi connectivity index (χ3v) is 6.72. The quantitative estimate of drug-likeness (QED) is 0.383. The number of nitrogens with zero attached hydrogens (tertiary/aromatic N) is 2. The lowest BCUT2D eigenvalue weighted by molar-refractivity contribution is -0.115. The standard InChI is InChI=1S/C23H27N3O3S2/c1-11(2)29-22(28)20-15(6)24-23(31-20)26-21(27)16(7)30-18-10-13(4)17-9-12(3)8-14(5)19(17)25-18/h8-11,16H,1-7H3,(H,24,26,27). The number of fused-ring (bicyclic) bond motifs is 1. The number of aryl methyl sites for hydroxylation is 4. The molecule has 2 aromatic heterocycles. The maximum atomic E-state index is 12.7. The Balaban J connectivity index is 1.74. The molecule has 164 valence electrons. The summed E-state index contributed by atoms with van der Waals surface area (Å²) in [5.41, 5.74) is 4.97. The molecule has 1 aromatic carbocycles. The molecule has 0 saturated heterocycles. The molecule has 0 spiro atoms. The van der Waals surface area contributed by atoms with Crippen molar-refractivity contribution in [1.29, 1.82) is 0 Å². The molecule has 1 amide bonds. The summed E-state index contributed by atoms with van der Waals surface area (Å²) in [7, 11) is 0. The second-order valence-electron chi connectivity index (χ2n) is 7.89. The molecule has 1 unspecified atom stereocenters. The third-order valence-electron chi connectivity index (χ3n) is 4.65. The highest BCUT2D eigenvalue weighted by Gasteiger charge is 2.21. The van der Waals surface area contributed by atoms with Crippen LogP contribution >= 0.6 is 23.1 Å². The van der Waals surface area contributed by atoms with Crippen molar-refractivity contribution in [1.82, 2.24) is 9.97 Å². The topological polar surface area (TPSA) is 81.2 Å². The largest absolute Gasteiger partial charge is 0.459 e. The van der Waals surface area contributed by atoms with E-state index in [1.165, 1.54) is 17.3 Å². The van der Waals surface area contributed by atoms with Crippen molar-refractivity contribution in [2.75, 3.05) is 5.32 Å². The smallest absolute Gasteiger partial charge is 0.350 e. The van der Waals surface area contributed by atoms with Crippen LogP contribution in [0.4, 0.5) is 5.13 Å². The van der Waals surface area contributed by atoms with Crippen LogP contribution < -0.4 is 5.32 Å². The molecular weight excluding hydrogens is 430 g/mol. The summed E-state index contributed by atoms with van der Waals surface area (Å²) in [6.07, 6.45) is -0.214. The molecule has 6 nitrogen and oxygen atoms in total. The lowest BCUT2D eigenvalue weighted by Crippen LogP contribution is -2.22. The molecule has 8 heteroatoms. The zero-order chi connectivity index (χ0) is 22.9. The maximum Gasteiger partial charge on any atom is 0.350 e. The van der Waals surface area contributed by atoms with Crippen LogP contribution in [0.25, 0.3) is 10.9 Å². The van der Waals surface area contributed by atoms with Gasteiger partial charge in [0, 0.05) is 5.39 Å². The monoisotopic (exact) mass is 457 g/mol. The van der Waals surface area contributed by atoms with E-state index in [-0.39, 0.29) is 17.3 Å². The SMILES string of the molecule is Cc1cc(C)c2nc(SC(C)C(=O)Nc3nc(C)c(C(=O)OC(C)C)s3)cc(C)c2c1. The molecule has 31 heavy (non-hydrogen) atoms. The zero-order valence-corrected chi connectivity index (χ0v) is 20.5. The fraction of sp³-hybridized carbons (Fsp3) is 0.391. The second kappa shape index (κ2) is 9.36. The zero-order valence-electron chi connectivity index (χ0n) is 18.8. The minimum absolute atomic E-state index is 0.192. The van der Waals surface area contributed by atoms with Gasteiger partial charge >= 0.3 is 5.97 Å². The Morgan fingerprint density at radius 1 is 1.03 bits per heavy atom. The Morgan fingerprint density at radius 3 is 2.42 bits per heavy atom. The van der Waals surface area contributed by atoms with Crippen LogP contribution in [0.5, 0.6) is 0 Å². The number of thioether (sulfide) groups is 1. The van der Waals surface area contributed by atoms with Crippen molar-refractivity contribution < 1.29 is 14.3 Å². The number of rotatable bonds is 6. The Kier molecular flexibility index (Phi) is 7.01. The Hall–Kier alpha value is -2.45. The van der Waals surface area contributed by atoms with E-state index in [4.69, 9.17) is 9.72 Å². The lowest BCUT2D eigenvalue weighted by Gasteiger charge is -2.13. The fourth-order valence-electron chi connectivity index (χ4n) is 3.22. The first kappa shape index (κ1) is 23.2. The van der Waals surface area contributed by atoms with Crippen LogP contribution in [0.2, 0.25) is 0 Å². The average molecular weight is 458 g/mol. The first-order chi connectivity index (χ1) is 14.5.